The zero-order chi connectivity index (χ0) is 21.7. The molecule has 5 rings (SSSR count). The van der Waals surface area contributed by atoms with Crippen LogP contribution in [0.2, 0.25) is 0 Å². The minimum atomic E-state index is -0.908. The first-order valence-electron chi connectivity index (χ1n) is 9.81. The van der Waals surface area contributed by atoms with Crippen molar-refractivity contribution in [3.63, 3.8) is 0 Å². The number of benzene rings is 2. The minimum Gasteiger partial charge on any atom is -0.504 e. The van der Waals surface area contributed by atoms with E-state index >= 15 is 0 Å². The molecular weight excluding hydrogens is 401 g/mol. The van der Waals surface area contributed by atoms with Crippen LogP contribution in [-0.4, -0.2) is 24.6 Å². The van der Waals surface area contributed by atoms with Crippen molar-refractivity contribution < 1.29 is 14.4 Å². The summed E-state index contributed by atoms with van der Waals surface area (Å²) in [6, 6.07) is 8.31. The maximum atomic E-state index is 13.8. The Morgan fingerprint density at radius 3 is 2.97 bits per heavy atom. The van der Waals surface area contributed by atoms with Gasteiger partial charge in [-0.15, -0.1) is 0 Å². The maximum Gasteiger partial charge on any atom is 0.306 e. The molecule has 2 aromatic heterocycles. The highest BCUT2D eigenvalue weighted by Gasteiger charge is 2.21. The van der Waals surface area contributed by atoms with Crippen molar-refractivity contribution >= 4 is 28.2 Å². The molecule has 0 atom stereocenters. The predicted octanol–water partition coefficient (Wildman–Crippen LogP) is 4.85. The molecule has 0 amide bonds. The van der Waals surface area contributed by atoms with Gasteiger partial charge in [0.25, 0.3) is 0 Å². The largest absolute Gasteiger partial charge is 0.504 e. The van der Waals surface area contributed by atoms with E-state index in [0.29, 0.717) is 16.9 Å². The quantitative estimate of drug-likeness (QED) is 0.362. The Bertz CT molecular complexity index is 1370. The summed E-state index contributed by atoms with van der Waals surface area (Å²) in [5.41, 5.74) is 3.68. The molecule has 156 valence electrons. The lowest BCUT2D eigenvalue weighted by Crippen LogP contribution is -2.05. The van der Waals surface area contributed by atoms with Gasteiger partial charge >= 0.3 is 5.69 Å². The standard InChI is InChI=1S/C22H18FN5O3/c1-12-8-16(23)18(28(30)31)9-17(12)25-22-24-10-19(29)20(26-22)15-11-27-7-3-5-13-4-2-6-14(15)21(13)27/h2,4,6,8-11,29H,3,5,7H2,1H3,(H,24,25,26). The number of rotatable bonds is 4. The van der Waals surface area contributed by atoms with Gasteiger partial charge in [0.15, 0.2) is 5.75 Å². The van der Waals surface area contributed by atoms with Crippen LogP contribution >= 0.6 is 0 Å². The number of nitrogens with zero attached hydrogens (tertiary/aromatic N) is 4. The fourth-order valence-corrected chi connectivity index (χ4v) is 4.13. The second-order valence-electron chi connectivity index (χ2n) is 7.58. The summed E-state index contributed by atoms with van der Waals surface area (Å²) in [5.74, 6) is -0.839. The Labute approximate surface area is 176 Å². The second kappa shape index (κ2) is 7.05. The summed E-state index contributed by atoms with van der Waals surface area (Å²) in [4.78, 5) is 18.9. The van der Waals surface area contributed by atoms with Crippen molar-refractivity contribution in [1.29, 1.82) is 0 Å². The number of hydrogen-bond donors (Lipinski definition) is 2. The van der Waals surface area contributed by atoms with E-state index in [9.17, 15) is 19.6 Å². The first-order valence-corrected chi connectivity index (χ1v) is 9.81. The first-order chi connectivity index (χ1) is 14.9. The SMILES string of the molecule is Cc1cc(F)c([N+](=O)[O-])cc1Nc1ncc(O)c(-c2cn3c4c(cccc24)CCC3)n1. The van der Waals surface area contributed by atoms with Gasteiger partial charge in [0.1, 0.15) is 5.69 Å². The van der Waals surface area contributed by atoms with Crippen LogP contribution in [0.25, 0.3) is 22.2 Å². The van der Waals surface area contributed by atoms with Crippen LogP contribution in [0.4, 0.5) is 21.7 Å². The van der Waals surface area contributed by atoms with Gasteiger partial charge in [-0.25, -0.2) is 9.97 Å². The minimum absolute atomic E-state index is 0.0731. The number of anilines is 2. The van der Waals surface area contributed by atoms with E-state index in [-0.39, 0.29) is 11.7 Å². The third kappa shape index (κ3) is 3.14. The molecule has 0 saturated heterocycles. The third-order valence-corrected chi connectivity index (χ3v) is 5.59. The van der Waals surface area contributed by atoms with Crippen molar-refractivity contribution in [3.8, 4) is 17.0 Å². The highest BCUT2D eigenvalue weighted by atomic mass is 19.1. The Morgan fingerprint density at radius 2 is 2.16 bits per heavy atom. The van der Waals surface area contributed by atoms with Crippen molar-refractivity contribution in [2.45, 2.75) is 26.3 Å². The van der Waals surface area contributed by atoms with Crippen LogP contribution in [0, 0.1) is 22.9 Å². The molecule has 3 heterocycles. The van der Waals surface area contributed by atoms with Crippen LogP contribution in [0.1, 0.15) is 17.5 Å². The second-order valence-corrected chi connectivity index (χ2v) is 7.58. The van der Waals surface area contributed by atoms with Gasteiger partial charge in [-0.3, -0.25) is 10.1 Å². The zero-order valence-corrected chi connectivity index (χ0v) is 16.6. The van der Waals surface area contributed by atoms with Crippen molar-refractivity contribution in [2.75, 3.05) is 5.32 Å². The molecule has 0 fully saturated rings. The van der Waals surface area contributed by atoms with Gasteiger partial charge in [0.05, 0.1) is 22.3 Å². The Morgan fingerprint density at radius 1 is 1.32 bits per heavy atom. The molecule has 0 spiro atoms. The number of nitro benzene ring substituents is 1. The third-order valence-electron chi connectivity index (χ3n) is 5.59. The molecule has 0 saturated carbocycles. The lowest BCUT2D eigenvalue weighted by Gasteiger charge is -2.14. The topological polar surface area (TPSA) is 106 Å². The molecule has 9 heteroatoms. The van der Waals surface area contributed by atoms with E-state index in [1.807, 2.05) is 18.3 Å². The van der Waals surface area contributed by atoms with Gasteiger partial charge in [-0.1, -0.05) is 18.2 Å². The van der Waals surface area contributed by atoms with E-state index in [4.69, 9.17) is 0 Å². The monoisotopic (exact) mass is 419 g/mol. The molecule has 0 radical (unpaired) electrons. The Hall–Kier alpha value is -4.01. The van der Waals surface area contributed by atoms with Crippen LogP contribution in [-0.2, 0) is 13.0 Å². The fourth-order valence-electron chi connectivity index (χ4n) is 4.13. The smallest absolute Gasteiger partial charge is 0.306 e. The maximum absolute atomic E-state index is 13.8. The molecule has 4 aromatic rings. The molecule has 8 nitrogen and oxygen atoms in total. The molecule has 2 N–H and O–H groups in total. The van der Waals surface area contributed by atoms with Crippen molar-refractivity contribution in [2.24, 2.45) is 0 Å². The van der Waals surface area contributed by atoms with Gasteiger partial charge in [-0.05, 0) is 37.0 Å². The highest BCUT2D eigenvalue weighted by molar-refractivity contribution is 5.98. The van der Waals surface area contributed by atoms with Gasteiger partial charge in [-0.2, -0.15) is 4.39 Å². The zero-order valence-electron chi connectivity index (χ0n) is 16.6. The van der Waals surface area contributed by atoms with Crippen molar-refractivity contribution in [1.82, 2.24) is 14.5 Å². The molecule has 31 heavy (non-hydrogen) atoms. The van der Waals surface area contributed by atoms with E-state index in [1.165, 1.54) is 11.8 Å². The normalized spacial score (nSPS) is 12.8. The molecule has 0 aliphatic carbocycles. The summed E-state index contributed by atoms with van der Waals surface area (Å²) in [6.45, 7) is 2.52. The number of hydrogen-bond acceptors (Lipinski definition) is 6. The van der Waals surface area contributed by atoms with Gasteiger partial charge < -0.3 is 15.0 Å². The number of nitrogens with one attached hydrogen (secondary N) is 1. The lowest BCUT2D eigenvalue weighted by molar-refractivity contribution is -0.387. The van der Waals surface area contributed by atoms with E-state index in [2.05, 4.69) is 25.9 Å². The van der Waals surface area contributed by atoms with Crippen LogP contribution in [0.15, 0.2) is 42.7 Å². The first kappa shape index (κ1) is 19.0. The summed E-state index contributed by atoms with van der Waals surface area (Å²) < 4.78 is 16.0. The van der Waals surface area contributed by atoms with E-state index in [1.54, 1.807) is 6.92 Å². The van der Waals surface area contributed by atoms with Crippen LogP contribution in [0.3, 0.4) is 0 Å². The summed E-state index contributed by atoms with van der Waals surface area (Å²) >= 11 is 0. The van der Waals surface area contributed by atoms with Crippen LogP contribution < -0.4 is 5.32 Å². The number of halogens is 1. The lowest BCUT2D eigenvalue weighted by atomic mass is 10.0. The average Bonchev–Trinajstić information content (AvgIpc) is 3.12. The number of aryl methyl sites for hydroxylation is 3. The summed E-state index contributed by atoms with van der Waals surface area (Å²) in [5, 5.41) is 25.5. The van der Waals surface area contributed by atoms with E-state index in [0.717, 1.165) is 48.0 Å². The number of nitro groups is 1. The number of para-hydroxylation sites is 1. The molecule has 0 unspecified atom stereocenters. The van der Waals surface area contributed by atoms with Gasteiger partial charge in [0, 0.05) is 29.8 Å². The molecule has 1 aliphatic heterocycles. The highest BCUT2D eigenvalue weighted by Crippen LogP contribution is 2.38. The van der Waals surface area contributed by atoms with Crippen LogP contribution in [0.5, 0.6) is 5.75 Å². The summed E-state index contributed by atoms with van der Waals surface area (Å²) in [6.07, 6.45) is 5.31. The van der Waals surface area contributed by atoms with Gasteiger partial charge in [0.2, 0.25) is 11.8 Å². The molecule has 0 bridgehead atoms. The Kier molecular flexibility index (Phi) is 4.32. The van der Waals surface area contributed by atoms with Crippen molar-refractivity contribution in [3.05, 3.63) is 69.8 Å². The molecule has 2 aromatic carbocycles. The predicted molar refractivity (Wildman–Crippen MR) is 114 cm³/mol. The number of aromatic nitrogens is 3. The molecule has 1 aliphatic rings. The van der Waals surface area contributed by atoms with E-state index < -0.39 is 16.4 Å². The Balaban J connectivity index is 1.59. The summed E-state index contributed by atoms with van der Waals surface area (Å²) in [7, 11) is 0. The molecular formula is C22H18FN5O3. The number of aromatic hydroxyl groups is 1. The average molecular weight is 419 g/mol. The fraction of sp³-hybridized carbons (Fsp3) is 0.182.